The minimum Gasteiger partial charge on any atom is -0.232 e. The Morgan fingerprint density at radius 2 is 1.19 bits per heavy atom. The largest absolute Gasteiger partial charge is 0.422 e. The molecule has 0 aromatic heterocycles. The Balaban J connectivity index is 3.76. The lowest BCUT2D eigenvalue weighted by Gasteiger charge is -2.11. The van der Waals surface area contributed by atoms with E-state index in [4.69, 9.17) is 6.57 Å². The van der Waals surface area contributed by atoms with E-state index < -0.39 is 40.7 Å². The minimum absolute atomic E-state index is 1.75. The predicted molar refractivity (Wildman–Crippen MR) is 37.5 cm³/mol. The summed E-state index contributed by atoms with van der Waals surface area (Å²) >= 11 is 0. The second-order valence-electron chi connectivity index (χ2n) is 2.59. The van der Waals surface area contributed by atoms with Gasteiger partial charge in [0.2, 0.25) is 0 Å². The molecule has 0 fully saturated rings. The van der Waals surface area contributed by atoms with Gasteiger partial charge in [0.25, 0.3) is 5.69 Å². The van der Waals surface area contributed by atoms with E-state index in [0.29, 0.717) is 0 Å². The molecule has 0 amide bonds. The molecule has 0 saturated heterocycles. The first-order valence-electron chi connectivity index (χ1n) is 3.52. The number of hydrogen-bond donors (Lipinski definition) is 0. The number of halogens is 7. The Morgan fingerprint density at radius 3 is 1.44 bits per heavy atom. The Morgan fingerprint density at radius 1 is 0.812 bits per heavy atom. The molecular formula is C8F7N. The van der Waals surface area contributed by atoms with Gasteiger partial charge in [-0.1, -0.05) is 0 Å². The van der Waals surface area contributed by atoms with Crippen molar-refractivity contribution in [3.8, 4) is 0 Å². The zero-order valence-corrected chi connectivity index (χ0v) is 7.09. The van der Waals surface area contributed by atoms with E-state index in [1.54, 1.807) is 0 Å². The first-order valence-corrected chi connectivity index (χ1v) is 3.52. The molecule has 0 saturated carbocycles. The molecule has 1 nitrogen and oxygen atoms in total. The maximum Gasteiger partial charge on any atom is 0.422 e. The Bertz CT molecular complexity index is 454. The van der Waals surface area contributed by atoms with Crippen LogP contribution < -0.4 is 0 Å². The molecule has 16 heavy (non-hydrogen) atoms. The van der Waals surface area contributed by atoms with Crippen molar-refractivity contribution in [1.29, 1.82) is 0 Å². The summed E-state index contributed by atoms with van der Waals surface area (Å²) in [6.45, 7) is 6.18. The quantitative estimate of drug-likeness (QED) is 0.370. The molecule has 1 rings (SSSR count). The van der Waals surface area contributed by atoms with Crippen molar-refractivity contribution in [2.45, 2.75) is 6.18 Å². The highest BCUT2D eigenvalue weighted by Crippen LogP contribution is 2.39. The van der Waals surface area contributed by atoms with E-state index in [2.05, 4.69) is 4.85 Å². The van der Waals surface area contributed by atoms with Gasteiger partial charge in [-0.3, -0.25) is 0 Å². The summed E-state index contributed by atoms with van der Waals surface area (Å²) in [6.07, 6.45) is -5.59. The average molecular weight is 243 g/mol. The molecule has 0 atom stereocenters. The van der Waals surface area contributed by atoms with E-state index in [-0.39, 0.29) is 0 Å². The summed E-state index contributed by atoms with van der Waals surface area (Å²) in [5.41, 5.74) is -4.43. The highest BCUT2D eigenvalue weighted by Gasteiger charge is 2.42. The van der Waals surface area contributed by atoms with Gasteiger partial charge < -0.3 is 0 Å². The Kier molecular flexibility index (Phi) is 2.81. The van der Waals surface area contributed by atoms with E-state index in [1.807, 2.05) is 0 Å². The lowest BCUT2D eigenvalue weighted by Crippen LogP contribution is -2.14. The van der Waals surface area contributed by atoms with Crippen molar-refractivity contribution in [3.05, 3.63) is 40.2 Å². The van der Waals surface area contributed by atoms with E-state index >= 15 is 0 Å². The minimum atomic E-state index is -5.59. The van der Waals surface area contributed by atoms with Gasteiger partial charge in [-0.25, -0.2) is 22.4 Å². The molecule has 86 valence electrons. The van der Waals surface area contributed by atoms with Crippen LogP contribution in [-0.4, -0.2) is 0 Å². The zero-order valence-electron chi connectivity index (χ0n) is 7.09. The summed E-state index contributed by atoms with van der Waals surface area (Å²) in [5.74, 6) is -9.97. The number of hydrogen-bond acceptors (Lipinski definition) is 0. The van der Waals surface area contributed by atoms with Crippen LogP contribution in [0.1, 0.15) is 5.56 Å². The maximum absolute atomic E-state index is 12.7. The van der Waals surface area contributed by atoms with E-state index in [1.165, 1.54) is 0 Å². The Labute approximate surface area is 83.9 Å². The monoisotopic (exact) mass is 243 g/mol. The normalized spacial score (nSPS) is 11.4. The molecule has 0 spiro atoms. The van der Waals surface area contributed by atoms with Crippen LogP contribution in [0.5, 0.6) is 0 Å². The highest BCUT2D eigenvalue weighted by molar-refractivity contribution is 5.50. The van der Waals surface area contributed by atoms with Crippen LogP contribution in [0.3, 0.4) is 0 Å². The molecule has 0 aliphatic heterocycles. The zero-order chi connectivity index (χ0) is 12.7. The van der Waals surface area contributed by atoms with E-state index in [0.717, 1.165) is 0 Å². The van der Waals surface area contributed by atoms with Gasteiger partial charge in [0.1, 0.15) is 5.56 Å². The summed E-state index contributed by atoms with van der Waals surface area (Å²) in [5, 5.41) is 0. The van der Waals surface area contributed by atoms with Crippen molar-refractivity contribution < 1.29 is 30.7 Å². The average Bonchev–Trinajstić information content (AvgIpc) is 2.14. The van der Waals surface area contributed by atoms with Crippen LogP contribution in [0.4, 0.5) is 36.4 Å². The molecular weight excluding hydrogens is 243 g/mol. The van der Waals surface area contributed by atoms with Crippen LogP contribution >= 0.6 is 0 Å². The van der Waals surface area contributed by atoms with Crippen molar-refractivity contribution in [3.63, 3.8) is 0 Å². The third-order valence-corrected chi connectivity index (χ3v) is 1.64. The number of nitrogens with zero attached hydrogens (tertiary/aromatic N) is 1. The Hall–Kier alpha value is -1.78. The summed E-state index contributed by atoms with van der Waals surface area (Å²) in [4.78, 5) is 2.07. The van der Waals surface area contributed by atoms with E-state index in [9.17, 15) is 30.7 Å². The molecule has 0 radical (unpaired) electrons. The first kappa shape index (κ1) is 12.3. The van der Waals surface area contributed by atoms with Crippen molar-refractivity contribution in [1.82, 2.24) is 0 Å². The fourth-order valence-electron chi connectivity index (χ4n) is 0.967. The van der Waals surface area contributed by atoms with Gasteiger partial charge in [-0.2, -0.15) is 13.2 Å². The topological polar surface area (TPSA) is 4.36 Å². The van der Waals surface area contributed by atoms with Crippen LogP contribution in [0.25, 0.3) is 4.85 Å². The maximum atomic E-state index is 12.7. The molecule has 0 heterocycles. The molecule has 0 unspecified atom stereocenters. The van der Waals surface area contributed by atoms with Gasteiger partial charge in [0.15, 0.2) is 23.3 Å². The molecule has 0 bridgehead atoms. The SMILES string of the molecule is [C-]#[N+]c1c(F)c(F)c(C(F)(F)F)c(F)c1F. The molecule has 1 aromatic carbocycles. The predicted octanol–water partition coefficient (Wildman–Crippen LogP) is 3.81. The third-order valence-electron chi connectivity index (χ3n) is 1.64. The standard InChI is InChI=1S/C8F7N/c1-16-7-5(11)3(9)2(8(13,14)15)4(10)6(7)12. The summed E-state index contributed by atoms with van der Waals surface area (Å²) < 4.78 is 87.0. The fourth-order valence-corrected chi connectivity index (χ4v) is 0.967. The third kappa shape index (κ3) is 1.68. The molecule has 1 aromatic rings. The number of benzene rings is 1. The summed E-state index contributed by atoms with van der Waals surface area (Å²) in [6, 6.07) is 0. The smallest absolute Gasteiger partial charge is 0.232 e. The van der Waals surface area contributed by atoms with Gasteiger partial charge >= 0.3 is 6.18 Å². The summed E-state index contributed by atoms with van der Waals surface area (Å²) in [7, 11) is 0. The second kappa shape index (κ2) is 3.66. The molecule has 0 N–H and O–H groups in total. The van der Waals surface area contributed by atoms with Gasteiger partial charge in [0, 0.05) is 0 Å². The van der Waals surface area contributed by atoms with Gasteiger partial charge in [-0.05, 0) is 0 Å². The lowest BCUT2D eigenvalue weighted by atomic mass is 10.1. The van der Waals surface area contributed by atoms with Crippen molar-refractivity contribution >= 4 is 5.69 Å². The van der Waals surface area contributed by atoms with Crippen LogP contribution in [0.2, 0.25) is 0 Å². The second-order valence-corrected chi connectivity index (χ2v) is 2.59. The molecule has 0 aliphatic carbocycles. The molecule has 0 aliphatic rings. The molecule has 8 heteroatoms. The van der Waals surface area contributed by atoms with Gasteiger partial charge in [-0.15, -0.1) is 0 Å². The van der Waals surface area contributed by atoms with Crippen LogP contribution in [0.15, 0.2) is 0 Å². The highest BCUT2D eigenvalue weighted by atomic mass is 19.4. The van der Waals surface area contributed by atoms with Crippen molar-refractivity contribution in [2.75, 3.05) is 0 Å². The van der Waals surface area contributed by atoms with Gasteiger partial charge in [0.05, 0.1) is 6.57 Å². The first-order chi connectivity index (χ1) is 7.21. The number of rotatable bonds is 0. The lowest BCUT2D eigenvalue weighted by molar-refractivity contribution is -0.143. The van der Waals surface area contributed by atoms with Crippen molar-refractivity contribution in [2.24, 2.45) is 0 Å². The van der Waals surface area contributed by atoms with Crippen LogP contribution in [0, 0.1) is 29.8 Å². The fraction of sp³-hybridized carbons (Fsp3) is 0.125. The van der Waals surface area contributed by atoms with Crippen LogP contribution in [-0.2, 0) is 6.18 Å². The number of alkyl halides is 3.